The number of amides is 1. The van der Waals surface area contributed by atoms with Crippen LogP contribution < -0.4 is 5.32 Å². The van der Waals surface area contributed by atoms with Crippen molar-refractivity contribution in [1.82, 2.24) is 14.9 Å². The molecule has 1 N–H and O–H groups in total. The lowest BCUT2D eigenvalue weighted by Gasteiger charge is -2.14. The molecular weight excluding hydrogens is 202 g/mol. The predicted molar refractivity (Wildman–Crippen MR) is 64.3 cm³/mol. The van der Waals surface area contributed by atoms with Crippen molar-refractivity contribution in [3.05, 3.63) is 18.7 Å². The second-order valence-electron chi connectivity index (χ2n) is 4.65. The molecule has 0 bridgehead atoms. The van der Waals surface area contributed by atoms with E-state index in [0.29, 0.717) is 0 Å². The lowest BCUT2D eigenvalue weighted by Crippen LogP contribution is -2.35. The van der Waals surface area contributed by atoms with Crippen LogP contribution in [0.2, 0.25) is 0 Å². The summed E-state index contributed by atoms with van der Waals surface area (Å²) in [7, 11) is 0. The van der Waals surface area contributed by atoms with Crippen molar-refractivity contribution in [2.45, 2.75) is 46.1 Å². The van der Waals surface area contributed by atoms with Crippen molar-refractivity contribution < 1.29 is 4.79 Å². The van der Waals surface area contributed by atoms with E-state index in [1.165, 1.54) is 17.3 Å². The Kier molecular flexibility index (Phi) is 5.02. The molecule has 4 heteroatoms. The van der Waals surface area contributed by atoms with Gasteiger partial charge in [-0.3, -0.25) is 4.57 Å². The van der Waals surface area contributed by atoms with Gasteiger partial charge in [-0.2, -0.15) is 0 Å². The highest BCUT2D eigenvalue weighted by Crippen LogP contribution is 2.08. The molecular formula is C12H21N3O. The minimum atomic E-state index is -0.102. The molecule has 16 heavy (non-hydrogen) atoms. The first-order valence-electron chi connectivity index (χ1n) is 5.88. The van der Waals surface area contributed by atoms with E-state index in [9.17, 15) is 4.79 Å². The first kappa shape index (κ1) is 12.7. The van der Waals surface area contributed by atoms with Gasteiger partial charge in [0.2, 0.25) is 0 Å². The van der Waals surface area contributed by atoms with Gasteiger partial charge in [0.05, 0.1) is 0 Å². The fourth-order valence-electron chi connectivity index (χ4n) is 1.57. The number of nitrogens with one attached hydrogen (secondary N) is 1. The molecule has 0 saturated heterocycles. The summed E-state index contributed by atoms with van der Waals surface area (Å²) in [5, 5.41) is 2.94. The molecule has 0 aromatic carbocycles. The van der Waals surface area contributed by atoms with E-state index in [-0.39, 0.29) is 12.1 Å². The predicted octanol–water partition coefficient (Wildman–Crippen LogP) is 2.66. The highest BCUT2D eigenvalue weighted by atomic mass is 16.2. The Labute approximate surface area is 97.1 Å². The van der Waals surface area contributed by atoms with Crippen LogP contribution in [0.25, 0.3) is 0 Å². The first-order valence-corrected chi connectivity index (χ1v) is 5.88. The highest BCUT2D eigenvalue weighted by molar-refractivity contribution is 5.76. The molecule has 0 aliphatic heterocycles. The van der Waals surface area contributed by atoms with Crippen LogP contribution in [-0.4, -0.2) is 21.6 Å². The number of carbonyl (C=O) groups is 1. The lowest BCUT2D eigenvalue weighted by molar-refractivity contribution is 0.238. The van der Waals surface area contributed by atoms with Gasteiger partial charge in [-0.25, -0.2) is 9.78 Å². The van der Waals surface area contributed by atoms with Crippen molar-refractivity contribution >= 4 is 6.03 Å². The maximum absolute atomic E-state index is 11.6. The summed E-state index contributed by atoms with van der Waals surface area (Å²) in [4.78, 5) is 15.5. The SMILES string of the molecule is CC(C)CCCC(C)NC(=O)n1ccnc1. The van der Waals surface area contributed by atoms with Gasteiger partial charge in [0, 0.05) is 18.4 Å². The molecule has 1 aromatic heterocycles. The average Bonchev–Trinajstić information content (AvgIpc) is 2.69. The van der Waals surface area contributed by atoms with Crippen LogP contribution in [0.4, 0.5) is 4.79 Å². The number of hydrogen-bond donors (Lipinski definition) is 1. The van der Waals surface area contributed by atoms with Gasteiger partial charge in [0.1, 0.15) is 6.33 Å². The largest absolute Gasteiger partial charge is 0.335 e. The van der Waals surface area contributed by atoms with Gasteiger partial charge < -0.3 is 5.32 Å². The topological polar surface area (TPSA) is 46.9 Å². The minimum absolute atomic E-state index is 0.102. The van der Waals surface area contributed by atoms with E-state index in [0.717, 1.165) is 18.8 Å². The van der Waals surface area contributed by atoms with Crippen LogP contribution in [0.15, 0.2) is 18.7 Å². The molecule has 1 amide bonds. The zero-order chi connectivity index (χ0) is 12.0. The monoisotopic (exact) mass is 223 g/mol. The van der Waals surface area contributed by atoms with Gasteiger partial charge in [0.15, 0.2) is 0 Å². The molecule has 1 rings (SSSR count). The van der Waals surface area contributed by atoms with Crippen LogP contribution in [0.3, 0.4) is 0 Å². The average molecular weight is 223 g/mol. The number of imidazole rings is 1. The zero-order valence-corrected chi connectivity index (χ0v) is 10.3. The second kappa shape index (κ2) is 6.30. The number of rotatable bonds is 5. The maximum Gasteiger partial charge on any atom is 0.327 e. The summed E-state index contributed by atoms with van der Waals surface area (Å²) in [6.07, 6.45) is 8.16. The summed E-state index contributed by atoms with van der Waals surface area (Å²) in [6, 6.07) is 0.114. The van der Waals surface area contributed by atoms with E-state index in [1.54, 1.807) is 12.4 Å². The molecule has 1 aromatic rings. The summed E-state index contributed by atoms with van der Waals surface area (Å²) in [6.45, 7) is 6.47. The van der Waals surface area contributed by atoms with E-state index in [4.69, 9.17) is 0 Å². The third-order valence-corrected chi connectivity index (χ3v) is 2.53. The fraction of sp³-hybridized carbons (Fsp3) is 0.667. The third kappa shape index (κ3) is 4.47. The van der Waals surface area contributed by atoms with E-state index in [2.05, 4.69) is 24.1 Å². The van der Waals surface area contributed by atoms with Crippen molar-refractivity contribution in [1.29, 1.82) is 0 Å². The molecule has 0 aliphatic rings. The Bertz CT molecular complexity index is 306. The molecule has 1 atom stereocenters. The Balaban J connectivity index is 2.24. The van der Waals surface area contributed by atoms with Crippen LogP contribution in [0, 0.1) is 5.92 Å². The maximum atomic E-state index is 11.6. The zero-order valence-electron chi connectivity index (χ0n) is 10.3. The van der Waals surface area contributed by atoms with Crippen molar-refractivity contribution in [2.75, 3.05) is 0 Å². The van der Waals surface area contributed by atoms with E-state index in [1.807, 2.05) is 6.92 Å². The third-order valence-electron chi connectivity index (χ3n) is 2.53. The van der Waals surface area contributed by atoms with Crippen molar-refractivity contribution in [3.8, 4) is 0 Å². The van der Waals surface area contributed by atoms with Gasteiger partial charge in [-0.05, 0) is 19.3 Å². The Hall–Kier alpha value is -1.32. The molecule has 0 fully saturated rings. The van der Waals surface area contributed by atoms with Crippen LogP contribution >= 0.6 is 0 Å². The highest BCUT2D eigenvalue weighted by Gasteiger charge is 2.08. The minimum Gasteiger partial charge on any atom is -0.335 e. The van der Waals surface area contributed by atoms with Crippen LogP contribution in [-0.2, 0) is 0 Å². The standard InChI is InChI=1S/C12H21N3O/c1-10(2)5-4-6-11(3)14-12(16)15-8-7-13-9-15/h7-11H,4-6H2,1-3H3,(H,14,16). The Morgan fingerprint density at radius 3 is 2.69 bits per heavy atom. The van der Waals surface area contributed by atoms with Crippen molar-refractivity contribution in [2.24, 2.45) is 5.92 Å². The molecule has 4 nitrogen and oxygen atoms in total. The Morgan fingerprint density at radius 2 is 2.12 bits per heavy atom. The van der Waals surface area contributed by atoms with Crippen LogP contribution in [0.1, 0.15) is 40.0 Å². The molecule has 1 heterocycles. The van der Waals surface area contributed by atoms with E-state index < -0.39 is 0 Å². The van der Waals surface area contributed by atoms with Crippen LogP contribution in [0.5, 0.6) is 0 Å². The smallest absolute Gasteiger partial charge is 0.327 e. The van der Waals surface area contributed by atoms with Gasteiger partial charge >= 0.3 is 6.03 Å². The van der Waals surface area contributed by atoms with Gasteiger partial charge in [-0.1, -0.05) is 26.7 Å². The number of carbonyl (C=O) groups excluding carboxylic acids is 1. The molecule has 0 radical (unpaired) electrons. The molecule has 0 spiro atoms. The molecule has 0 saturated carbocycles. The second-order valence-corrected chi connectivity index (χ2v) is 4.65. The normalized spacial score (nSPS) is 12.8. The summed E-state index contributed by atoms with van der Waals surface area (Å²) in [5.41, 5.74) is 0. The molecule has 90 valence electrons. The number of nitrogens with zero attached hydrogens (tertiary/aromatic N) is 2. The first-order chi connectivity index (χ1) is 7.59. The van der Waals surface area contributed by atoms with E-state index >= 15 is 0 Å². The quantitative estimate of drug-likeness (QED) is 0.834. The fourth-order valence-corrected chi connectivity index (χ4v) is 1.57. The number of aromatic nitrogens is 2. The number of hydrogen-bond acceptors (Lipinski definition) is 2. The Morgan fingerprint density at radius 1 is 1.38 bits per heavy atom. The summed E-state index contributed by atoms with van der Waals surface area (Å²) < 4.78 is 1.46. The van der Waals surface area contributed by atoms with Gasteiger partial charge in [0.25, 0.3) is 0 Å². The summed E-state index contributed by atoms with van der Waals surface area (Å²) >= 11 is 0. The molecule has 1 unspecified atom stereocenters. The summed E-state index contributed by atoms with van der Waals surface area (Å²) in [5.74, 6) is 0.733. The van der Waals surface area contributed by atoms with Crippen molar-refractivity contribution in [3.63, 3.8) is 0 Å². The lowest BCUT2D eigenvalue weighted by atomic mass is 10.0. The van der Waals surface area contributed by atoms with Gasteiger partial charge in [-0.15, -0.1) is 0 Å². The molecule has 0 aliphatic carbocycles.